The molecule has 1 aliphatic rings. The molecule has 3 heteroatoms. The summed E-state index contributed by atoms with van der Waals surface area (Å²) in [6.07, 6.45) is 0.894. The number of amides is 2. The Bertz CT molecular complexity index is 934. The summed E-state index contributed by atoms with van der Waals surface area (Å²) < 4.78 is 0. The molecule has 0 unspecified atom stereocenters. The first-order valence-corrected chi connectivity index (χ1v) is 8.99. The summed E-state index contributed by atoms with van der Waals surface area (Å²) in [5.74, 6) is 0. The van der Waals surface area contributed by atoms with Crippen LogP contribution < -0.4 is 5.32 Å². The average Bonchev–Trinajstić information content (AvgIpc) is 2.68. The van der Waals surface area contributed by atoms with Gasteiger partial charge in [-0.15, -0.1) is 0 Å². The molecular formula is C23H22N2O. The van der Waals surface area contributed by atoms with Crippen molar-refractivity contribution in [1.82, 2.24) is 4.90 Å². The molecule has 130 valence electrons. The lowest BCUT2D eigenvalue weighted by molar-refractivity contribution is 0.206. The van der Waals surface area contributed by atoms with Gasteiger partial charge in [-0.05, 0) is 59.4 Å². The molecule has 3 aromatic rings. The highest BCUT2D eigenvalue weighted by atomic mass is 16.2. The number of rotatable bonds is 2. The van der Waals surface area contributed by atoms with Crippen LogP contribution in [0.4, 0.5) is 10.5 Å². The van der Waals surface area contributed by atoms with E-state index >= 15 is 0 Å². The third kappa shape index (κ3) is 3.47. The molecule has 26 heavy (non-hydrogen) atoms. The van der Waals surface area contributed by atoms with Crippen molar-refractivity contribution < 1.29 is 4.79 Å². The van der Waals surface area contributed by atoms with Crippen molar-refractivity contribution in [2.45, 2.75) is 19.9 Å². The zero-order valence-electron chi connectivity index (χ0n) is 14.9. The third-order valence-electron chi connectivity index (χ3n) is 4.88. The van der Waals surface area contributed by atoms with Crippen LogP contribution in [0.15, 0.2) is 72.8 Å². The third-order valence-corrected chi connectivity index (χ3v) is 4.88. The van der Waals surface area contributed by atoms with Gasteiger partial charge in [0.25, 0.3) is 0 Å². The number of nitrogens with zero attached hydrogens (tertiary/aromatic N) is 1. The number of hydrogen-bond donors (Lipinski definition) is 1. The number of anilines is 1. The van der Waals surface area contributed by atoms with Gasteiger partial charge in [0.2, 0.25) is 0 Å². The van der Waals surface area contributed by atoms with E-state index in [4.69, 9.17) is 0 Å². The van der Waals surface area contributed by atoms with Crippen LogP contribution in [0, 0.1) is 6.92 Å². The van der Waals surface area contributed by atoms with E-state index in [2.05, 4.69) is 47.8 Å². The smallest absolute Gasteiger partial charge is 0.320 e. The molecule has 0 bridgehead atoms. The Hall–Kier alpha value is -3.07. The fraction of sp³-hybridized carbons (Fsp3) is 0.174. The van der Waals surface area contributed by atoms with Crippen molar-refractivity contribution in [3.05, 3.63) is 89.5 Å². The molecule has 2 amide bonds. The highest BCUT2D eigenvalue weighted by Crippen LogP contribution is 2.26. The lowest BCUT2D eigenvalue weighted by atomic mass is 9.95. The number of fused-ring (bicyclic) bond motifs is 1. The molecular weight excluding hydrogens is 320 g/mol. The molecule has 3 aromatic carbocycles. The van der Waals surface area contributed by atoms with E-state index in [0.29, 0.717) is 6.54 Å². The molecule has 3 nitrogen and oxygen atoms in total. The minimum Gasteiger partial charge on any atom is -0.320 e. The molecule has 1 N–H and O–H groups in total. The first-order chi connectivity index (χ1) is 12.7. The van der Waals surface area contributed by atoms with Crippen molar-refractivity contribution in [2.75, 3.05) is 11.9 Å². The van der Waals surface area contributed by atoms with Crippen LogP contribution in [-0.4, -0.2) is 17.5 Å². The first-order valence-electron chi connectivity index (χ1n) is 8.99. The number of urea groups is 1. The van der Waals surface area contributed by atoms with Gasteiger partial charge in [-0.2, -0.15) is 0 Å². The highest BCUT2D eigenvalue weighted by Gasteiger charge is 2.21. The Morgan fingerprint density at radius 3 is 2.54 bits per heavy atom. The van der Waals surface area contributed by atoms with Gasteiger partial charge >= 0.3 is 6.03 Å². The van der Waals surface area contributed by atoms with Gasteiger partial charge in [0.15, 0.2) is 0 Å². The molecule has 0 fully saturated rings. The maximum absolute atomic E-state index is 12.7. The largest absolute Gasteiger partial charge is 0.322 e. The first kappa shape index (κ1) is 16.4. The second-order valence-electron chi connectivity index (χ2n) is 6.82. The van der Waals surface area contributed by atoms with E-state index in [0.717, 1.165) is 24.2 Å². The van der Waals surface area contributed by atoms with Gasteiger partial charge < -0.3 is 10.2 Å². The van der Waals surface area contributed by atoms with E-state index in [9.17, 15) is 4.79 Å². The second-order valence-corrected chi connectivity index (χ2v) is 6.82. The fourth-order valence-corrected chi connectivity index (χ4v) is 3.47. The van der Waals surface area contributed by atoms with E-state index in [1.165, 1.54) is 22.3 Å². The summed E-state index contributed by atoms with van der Waals surface area (Å²) in [5, 5.41) is 3.02. The van der Waals surface area contributed by atoms with E-state index in [1.807, 2.05) is 42.2 Å². The van der Waals surface area contributed by atoms with Crippen LogP contribution in [0.5, 0.6) is 0 Å². The molecule has 0 atom stereocenters. The Morgan fingerprint density at radius 1 is 0.885 bits per heavy atom. The maximum Gasteiger partial charge on any atom is 0.322 e. The normalized spacial score (nSPS) is 13.2. The van der Waals surface area contributed by atoms with Gasteiger partial charge in [0, 0.05) is 18.8 Å². The molecule has 1 aliphatic heterocycles. The Morgan fingerprint density at radius 2 is 1.73 bits per heavy atom. The standard InChI is InChI=1S/C23H22N2O/c1-17-6-5-9-22(14-17)24-23(26)25-13-12-19-10-11-20(15-21(19)16-25)18-7-3-2-4-8-18/h2-11,14-15H,12-13,16H2,1H3,(H,24,26). The topological polar surface area (TPSA) is 32.3 Å². The number of carbonyl (C=O) groups is 1. The van der Waals surface area contributed by atoms with Crippen molar-refractivity contribution in [3.8, 4) is 11.1 Å². The zero-order valence-corrected chi connectivity index (χ0v) is 14.9. The minimum absolute atomic E-state index is 0.0358. The SMILES string of the molecule is Cc1cccc(NC(=O)N2CCc3ccc(-c4ccccc4)cc3C2)c1. The predicted octanol–water partition coefficient (Wildman–Crippen LogP) is 5.25. The molecule has 0 aliphatic carbocycles. The second kappa shape index (κ2) is 7.04. The maximum atomic E-state index is 12.7. The lowest BCUT2D eigenvalue weighted by Gasteiger charge is -2.29. The number of hydrogen-bond acceptors (Lipinski definition) is 1. The predicted molar refractivity (Wildman–Crippen MR) is 106 cm³/mol. The Labute approximate surface area is 154 Å². The number of nitrogens with one attached hydrogen (secondary N) is 1. The van der Waals surface area contributed by atoms with Crippen molar-refractivity contribution in [3.63, 3.8) is 0 Å². The van der Waals surface area contributed by atoms with Gasteiger partial charge in [-0.1, -0.05) is 54.6 Å². The molecule has 0 spiro atoms. The average molecular weight is 342 g/mol. The van der Waals surface area contributed by atoms with Crippen LogP contribution >= 0.6 is 0 Å². The summed E-state index contributed by atoms with van der Waals surface area (Å²) in [5.41, 5.74) is 6.96. The molecule has 1 heterocycles. The number of aryl methyl sites for hydroxylation is 1. The fourth-order valence-electron chi connectivity index (χ4n) is 3.47. The van der Waals surface area contributed by atoms with E-state index in [1.54, 1.807) is 0 Å². The lowest BCUT2D eigenvalue weighted by Crippen LogP contribution is -2.38. The molecule has 0 saturated heterocycles. The summed E-state index contributed by atoms with van der Waals surface area (Å²) >= 11 is 0. The van der Waals surface area contributed by atoms with Gasteiger partial charge in [-0.3, -0.25) is 0 Å². The quantitative estimate of drug-likeness (QED) is 0.677. The summed E-state index contributed by atoms with van der Waals surface area (Å²) in [4.78, 5) is 14.5. The molecule has 4 rings (SSSR count). The molecule has 0 saturated carbocycles. The van der Waals surface area contributed by atoms with Crippen molar-refractivity contribution in [1.29, 1.82) is 0 Å². The molecule has 0 radical (unpaired) electrons. The van der Waals surface area contributed by atoms with Gasteiger partial charge in [0.05, 0.1) is 0 Å². The monoisotopic (exact) mass is 342 g/mol. The zero-order chi connectivity index (χ0) is 17.9. The van der Waals surface area contributed by atoms with Crippen LogP contribution in [0.1, 0.15) is 16.7 Å². The van der Waals surface area contributed by atoms with Crippen LogP contribution in [0.25, 0.3) is 11.1 Å². The Kier molecular flexibility index (Phi) is 4.44. The van der Waals surface area contributed by atoms with Gasteiger partial charge in [0.1, 0.15) is 0 Å². The van der Waals surface area contributed by atoms with Crippen LogP contribution in [-0.2, 0) is 13.0 Å². The minimum atomic E-state index is -0.0358. The summed E-state index contributed by atoms with van der Waals surface area (Å²) in [6, 6.07) is 24.8. The van der Waals surface area contributed by atoms with Gasteiger partial charge in [-0.25, -0.2) is 4.79 Å². The number of benzene rings is 3. The van der Waals surface area contributed by atoms with Crippen molar-refractivity contribution in [2.24, 2.45) is 0 Å². The Balaban J connectivity index is 1.52. The van der Waals surface area contributed by atoms with E-state index < -0.39 is 0 Å². The van der Waals surface area contributed by atoms with Crippen molar-refractivity contribution >= 4 is 11.7 Å². The highest BCUT2D eigenvalue weighted by molar-refractivity contribution is 5.89. The summed E-state index contributed by atoms with van der Waals surface area (Å²) in [7, 11) is 0. The summed E-state index contributed by atoms with van der Waals surface area (Å²) in [6.45, 7) is 3.42. The van der Waals surface area contributed by atoms with Crippen LogP contribution in [0.2, 0.25) is 0 Å². The molecule has 0 aromatic heterocycles. The number of carbonyl (C=O) groups excluding carboxylic acids is 1. The van der Waals surface area contributed by atoms with E-state index in [-0.39, 0.29) is 6.03 Å². The van der Waals surface area contributed by atoms with Crippen LogP contribution in [0.3, 0.4) is 0 Å².